The third kappa shape index (κ3) is 3.21. The predicted molar refractivity (Wildman–Crippen MR) is 139 cm³/mol. The molecule has 0 nitrogen and oxygen atoms in total. The van der Waals surface area contributed by atoms with Crippen molar-refractivity contribution >= 4 is 11.6 Å². The van der Waals surface area contributed by atoms with Crippen molar-refractivity contribution in [3.8, 4) is 0 Å². The van der Waals surface area contributed by atoms with Gasteiger partial charge in [0.15, 0.2) is 0 Å². The Labute approximate surface area is 207 Å². The summed E-state index contributed by atoms with van der Waals surface area (Å²) in [5, 5.41) is 0.378. The van der Waals surface area contributed by atoms with Crippen LogP contribution in [-0.2, 0) is 0 Å². The molecular weight excluding hydrogens is 420 g/mol. The van der Waals surface area contributed by atoms with Crippen LogP contribution in [0.4, 0.5) is 0 Å². The quantitative estimate of drug-likeness (QED) is 0.269. The Morgan fingerprint density at radius 2 is 1.67 bits per heavy atom. The molecule has 0 spiro atoms. The summed E-state index contributed by atoms with van der Waals surface area (Å²) in [7, 11) is 0. The molecule has 1 heteroatoms. The predicted octanol–water partition coefficient (Wildman–Crippen LogP) is 9.03. The molecule has 0 aromatic heterocycles. The first kappa shape index (κ1) is 21.5. The summed E-state index contributed by atoms with van der Waals surface area (Å²) in [5.74, 6) is 7.79. The Bertz CT molecular complexity index is 946. The molecule has 0 aromatic carbocycles. The zero-order chi connectivity index (χ0) is 22.3. The minimum absolute atomic E-state index is 0.378. The first-order valence-corrected chi connectivity index (χ1v) is 15.0. The Kier molecular flexibility index (Phi) is 5.31. The van der Waals surface area contributed by atoms with E-state index in [1.807, 2.05) is 22.3 Å². The summed E-state index contributed by atoms with van der Waals surface area (Å²) in [5.41, 5.74) is 9.39. The molecule has 10 atom stereocenters. The van der Waals surface area contributed by atoms with Crippen molar-refractivity contribution in [3.63, 3.8) is 0 Å². The van der Waals surface area contributed by atoms with E-state index >= 15 is 0 Å². The van der Waals surface area contributed by atoms with E-state index in [0.29, 0.717) is 5.38 Å². The molecule has 7 aliphatic rings. The molecular formula is C32H43Cl. The van der Waals surface area contributed by atoms with Gasteiger partial charge in [-0.1, -0.05) is 53.0 Å². The maximum absolute atomic E-state index is 6.89. The van der Waals surface area contributed by atoms with Gasteiger partial charge in [-0.25, -0.2) is 0 Å². The Hall–Kier alpha value is -0.750. The van der Waals surface area contributed by atoms with E-state index in [9.17, 15) is 0 Å². The molecule has 0 saturated heterocycles. The van der Waals surface area contributed by atoms with Gasteiger partial charge in [-0.15, -0.1) is 11.6 Å². The minimum atomic E-state index is 0.378. The van der Waals surface area contributed by atoms with Gasteiger partial charge in [0.25, 0.3) is 0 Å². The highest BCUT2D eigenvalue weighted by Crippen LogP contribution is 2.65. The average Bonchev–Trinajstić information content (AvgIpc) is 3.14. The zero-order valence-electron chi connectivity index (χ0n) is 20.9. The zero-order valence-corrected chi connectivity index (χ0v) is 21.6. The van der Waals surface area contributed by atoms with Crippen LogP contribution in [0, 0.1) is 53.3 Å². The fourth-order valence-electron chi connectivity index (χ4n) is 10.7. The van der Waals surface area contributed by atoms with Crippen LogP contribution in [-0.4, -0.2) is 5.38 Å². The van der Waals surface area contributed by atoms with Crippen molar-refractivity contribution < 1.29 is 0 Å². The SMILES string of the molecule is CC1=CCCC(C)C1C1CC2C(CC3C4=C(CCCC4)C4C=CCC2C43)C2=C1CC(Cl)CC2. The summed E-state index contributed by atoms with van der Waals surface area (Å²) in [6.45, 7) is 5.01. The fourth-order valence-corrected chi connectivity index (χ4v) is 10.9. The number of hydrogen-bond acceptors (Lipinski definition) is 0. The number of alkyl halides is 1. The van der Waals surface area contributed by atoms with Crippen molar-refractivity contribution in [2.24, 2.45) is 53.3 Å². The van der Waals surface area contributed by atoms with E-state index < -0.39 is 0 Å². The topological polar surface area (TPSA) is 0 Å². The second-order valence-corrected chi connectivity index (χ2v) is 13.7. The second-order valence-electron chi connectivity index (χ2n) is 13.1. The number of halogens is 1. The molecule has 0 aromatic rings. The first-order valence-electron chi connectivity index (χ1n) is 14.5. The monoisotopic (exact) mass is 462 g/mol. The maximum Gasteiger partial charge on any atom is 0.0376 e. The summed E-state index contributed by atoms with van der Waals surface area (Å²) >= 11 is 6.89. The summed E-state index contributed by atoms with van der Waals surface area (Å²) in [6, 6.07) is 0. The van der Waals surface area contributed by atoms with Crippen LogP contribution in [0.25, 0.3) is 0 Å². The van der Waals surface area contributed by atoms with Gasteiger partial charge in [-0.05, 0) is 131 Å². The molecule has 7 rings (SSSR count). The second kappa shape index (κ2) is 8.15. The lowest BCUT2D eigenvalue weighted by atomic mass is 9.49. The molecule has 0 radical (unpaired) electrons. The normalized spacial score (nSPS) is 48.6. The van der Waals surface area contributed by atoms with Crippen LogP contribution in [0.2, 0.25) is 0 Å². The maximum atomic E-state index is 6.89. The molecule has 7 aliphatic carbocycles. The number of fused-ring (bicyclic) bond motifs is 5. The molecule has 1 saturated carbocycles. The lowest BCUT2D eigenvalue weighted by molar-refractivity contribution is 0.0229. The number of allylic oxidation sites excluding steroid dienone is 8. The van der Waals surface area contributed by atoms with Crippen molar-refractivity contribution in [1.82, 2.24) is 0 Å². The van der Waals surface area contributed by atoms with E-state index in [-0.39, 0.29) is 0 Å². The average molecular weight is 463 g/mol. The van der Waals surface area contributed by atoms with Gasteiger partial charge in [0.2, 0.25) is 0 Å². The third-order valence-corrected chi connectivity index (χ3v) is 12.1. The van der Waals surface area contributed by atoms with Gasteiger partial charge < -0.3 is 0 Å². The third-order valence-electron chi connectivity index (χ3n) is 11.8. The van der Waals surface area contributed by atoms with Gasteiger partial charge in [0.1, 0.15) is 0 Å². The fraction of sp³-hybridized carbons (Fsp3) is 0.750. The van der Waals surface area contributed by atoms with Gasteiger partial charge in [0, 0.05) is 11.3 Å². The largest absolute Gasteiger partial charge is 0.123 e. The molecule has 33 heavy (non-hydrogen) atoms. The van der Waals surface area contributed by atoms with E-state index in [0.717, 1.165) is 53.3 Å². The van der Waals surface area contributed by atoms with Crippen LogP contribution in [0.3, 0.4) is 0 Å². The van der Waals surface area contributed by atoms with E-state index in [4.69, 9.17) is 11.6 Å². The lowest BCUT2D eigenvalue weighted by Crippen LogP contribution is -2.48. The van der Waals surface area contributed by atoms with Crippen molar-refractivity contribution in [2.75, 3.05) is 0 Å². The van der Waals surface area contributed by atoms with Gasteiger partial charge in [-0.3, -0.25) is 0 Å². The van der Waals surface area contributed by atoms with Crippen molar-refractivity contribution in [1.29, 1.82) is 0 Å². The van der Waals surface area contributed by atoms with Gasteiger partial charge in [0.05, 0.1) is 0 Å². The van der Waals surface area contributed by atoms with Crippen molar-refractivity contribution in [3.05, 3.63) is 46.1 Å². The van der Waals surface area contributed by atoms with Crippen LogP contribution in [0.15, 0.2) is 46.1 Å². The summed E-state index contributed by atoms with van der Waals surface area (Å²) in [4.78, 5) is 0. The Balaban J connectivity index is 1.32. The molecule has 0 bridgehead atoms. The van der Waals surface area contributed by atoms with Crippen LogP contribution >= 0.6 is 11.6 Å². The molecule has 0 aliphatic heterocycles. The Morgan fingerprint density at radius 3 is 2.52 bits per heavy atom. The number of rotatable bonds is 1. The lowest BCUT2D eigenvalue weighted by Gasteiger charge is -2.55. The van der Waals surface area contributed by atoms with Crippen LogP contribution in [0.5, 0.6) is 0 Å². The molecule has 0 amide bonds. The van der Waals surface area contributed by atoms with E-state index in [1.54, 1.807) is 5.57 Å². The molecule has 0 N–H and O–H groups in total. The molecule has 178 valence electrons. The molecule has 1 fully saturated rings. The van der Waals surface area contributed by atoms with E-state index in [1.165, 1.54) is 77.0 Å². The van der Waals surface area contributed by atoms with Crippen molar-refractivity contribution in [2.45, 2.75) is 96.3 Å². The summed E-state index contributed by atoms with van der Waals surface area (Å²) < 4.78 is 0. The van der Waals surface area contributed by atoms with Gasteiger partial charge >= 0.3 is 0 Å². The van der Waals surface area contributed by atoms with Gasteiger partial charge in [-0.2, -0.15) is 0 Å². The first-order chi connectivity index (χ1) is 16.1. The highest BCUT2D eigenvalue weighted by Gasteiger charge is 2.56. The molecule has 10 unspecified atom stereocenters. The van der Waals surface area contributed by atoms with Crippen LogP contribution < -0.4 is 0 Å². The standard InChI is InChI=1S/C32H43Cl/c1-18-7-5-8-19(2)31(18)30-17-28-25-12-6-11-24-21-9-3-4-10-22(21)29(32(24)25)16-27(28)23-14-13-20(33)15-26(23)30/h6-7,11,19-20,24-25,27-32H,3-5,8-10,12-17H2,1-2H3. The summed E-state index contributed by atoms with van der Waals surface area (Å²) in [6.07, 6.45) is 24.3. The highest BCUT2D eigenvalue weighted by molar-refractivity contribution is 6.20. The van der Waals surface area contributed by atoms with Crippen LogP contribution in [0.1, 0.15) is 90.9 Å². The highest BCUT2D eigenvalue weighted by atomic mass is 35.5. The minimum Gasteiger partial charge on any atom is -0.123 e. The van der Waals surface area contributed by atoms with E-state index in [2.05, 4.69) is 32.1 Å². The number of hydrogen-bond donors (Lipinski definition) is 0. The Morgan fingerprint density at radius 1 is 0.848 bits per heavy atom. The smallest absolute Gasteiger partial charge is 0.0376 e. The molecule has 0 heterocycles.